The third-order valence-corrected chi connectivity index (χ3v) is 2.56. The van der Waals surface area contributed by atoms with Crippen LogP contribution in [0.25, 0.3) is 0 Å². The molecule has 1 aromatic carbocycles. The molecule has 0 amide bonds. The van der Waals surface area contributed by atoms with Gasteiger partial charge in [0.1, 0.15) is 5.82 Å². The van der Waals surface area contributed by atoms with Gasteiger partial charge in [0.25, 0.3) is 0 Å². The fourth-order valence-electron chi connectivity index (χ4n) is 1.28. The topological polar surface area (TPSA) is 45.8 Å². The highest BCUT2D eigenvalue weighted by molar-refractivity contribution is 7.02. The van der Waals surface area contributed by atoms with Gasteiger partial charge in [0.05, 0.1) is 0 Å². The first-order valence-corrected chi connectivity index (χ1v) is 5.21. The number of nitrogens with one attached hydrogen (secondary N) is 1. The lowest BCUT2D eigenvalue weighted by Crippen LogP contribution is -1.97. The van der Waals surface area contributed by atoms with Crippen LogP contribution < -0.4 is 4.87 Å². The molecule has 0 saturated heterocycles. The minimum absolute atomic E-state index is 0.0759. The second kappa shape index (κ2) is 4.19. The smallest absolute Gasteiger partial charge is 0.300 e. The summed E-state index contributed by atoms with van der Waals surface area (Å²) in [6.07, 6.45) is 1.71. The van der Waals surface area contributed by atoms with E-state index in [2.05, 4.69) is 21.5 Å². The molecule has 0 aliphatic carbocycles. The van der Waals surface area contributed by atoms with E-state index in [1.54, 1.807) is 0 Å². The standard InChI is InChI=1S/C10H10N2OS/c13-10-11-9(12-14-10)7-6-8-4-2-1-3-5-8/h1-5H,6-7H2,(H,11,12,13). The predicted octanol–water partition coefficient (Wildman–Crippen LogP) is 1.62. The third kappa shape index (κ3) is 2.29. The van der Waals surface area contributed by atoms with Gasteiger partial charge in [-0.2, -0.15) is 4.37 Å². The molecule has 1 heterocycles. The second-order valence-corrected chi connectivity index (χ2v) is 3.76. The van der Waals surface area contributed by atoms with Crippen LogP contribution in [0.15, 0.2) is 35.1 Å². The molecule has 0 aliphatic rings. The predicted molar refractivity (Wildman–Crippen MR) is 56.6 cm³/mol. The van der Waals surface area contributed by atoms with Gasteiger partial charge in [0, 0.05) is 18.0 Å². The Morgan fingerprint density at radius 1 is 1.21 bits per heavy atom. The van der Waals surface area contributed by atoms with E-state index >= 15 is 0 Å². The highest BCUT2D eigenvalue weighted by Crippen LogP contribution is 2.02. The molecular weight excluding hydrogens is 196 g/mol. The number of hydrogen-bond donors (Lipinski definition) is 1. The molecule has 0 radical (unpaired) electrons. The zero-order chi connectivity index (χ0) is 9.80. The highest BCUT2D eigenvalue weighted by Gasteiger charge is 1.98. The Labute approximate surface area is 85.6 Å². The number of hydrogen-bond acceptors (Lipinski definition) is 3. The van der Waals surface area contributed by atoms with E-state index in [1.165, 1.54) is 5.56 Å². The Balaban J connectivity index is 1.98. The quantitative estimate of drug-likeness (QED) is 0.829. The molecule has 14 heavy (non-hydrogen) atoms. The summed E-state index contributed by atoms with van der Waals surface area (Å²) in [7, 11) is 0. The van der Waals surface area contributed by atoms with Gasteiger partial charge in [-0.05, 0) is 12.0 Å². The van der Waals surface area contributed by atoms with Crippen molar-refractivity contribution in [2.45, 2.75) is 12.8 Å². The van der Waals surface area contributed by atoms with Crippen molar-refractivity contribution in [2.75, 3.05) is 0 Å². The normalized spacial score (nSPS) is 10.3. The van der Waals surface area contributed by atoms with Crippen LogP contribution in [0.4, 0.5) is 0 Å². The zero-order valence-electron chi connectivity index (χ0n) is 7.56. The van der Waals surface area contributed by atoms with Crippen LogP contribution in [0.2, 0.25) is 0 Å². The molecule has 2 aromatic rings. The van der Waals surface area contributed by atoms with Crippen LogP contribution >= 0.6 is 11.5 Å². The third-order valence-electron chi connectivity index (χ3n) is 1.98. The maximum Gasteiger partial charge on any atom is 0.323 e. The Bertz CT molecular complexity index is 446. The average Bonchev–Trinajstić information content (AvgIpc) is 2.63. The summed E-state index contributed by atoms with van der Waals surface area (Å²) in [5.41, 5.74) is 1.27. The molecule has 0 fully saturated rings. The van der Waals surface area contributed by atoms with E-state index in [4.69, 9.17) is 0 Å². The van der Waals surface area contributed by atoms with Crippen LogP contribution in [0, 0.1) is 0 Å². The minimum atomic E-state index is -0.0759. The molecule has 0 bridgehead atoms. The first-order valence-electron chi connectivity index (χ1n) is 4.43. The van der Waals surface area contributed by atoms with Crippen LogP contribution in [-0.2, 0) is 12.8 Å². The van der Waals surface area contributed by atoms with Gasteiger partial charge in [-0.15, -0.1) is 0 Å². The number of benzene rings is 1. The molecular formula is C10H10N2OS. The fraction of sp³-hybridized carbons (Fsp3) is 0.200. The van der Waals surface area contributed by atoms with Gasteiger partial charge < -0.3 is 0 Å². The number of aryl methyl sites for hydroxylation is 2. The van der Waals surface area contributed by atoms with E-state index < -0.39 is 0 Å². The molecule has 1 aromatic heterocycles. The first kappa shape index (κ1) is 9.15. The average molecular weight is 206 g/mol. The van der Waals surface area contributed by atoms with Gasteiger partial charge in [-0.3, -0.25) is 9.78 Å². The van der Waals surface area contributed by atoms with E-state index in [-0.39, 0.29) is 4.87 Å². The molecule has 72 valence electrons. The number of H-pyrrole nitrogens is 1. The van der Waals surface area contributed by atoms with Gasteiger partial charge in [0.15, 0.2) is 0 Å². The summed E-state index contributed by atoms with van der Waals surface area (Å²) in [5, 5.41) is 0. The maximum atomic E-state index is 10.8. The Morgan fingerprint density at radius 3 is 2.64 bits per heavy atom. The lowest BCUT2D eigenvalue weighted by molar-refractivity contribution is 0.885. The van der Waals surface area contributed by atoms with Crippen LogP contribution in [0.5, 0.6) is 0 Å². The zero-order valence-corrected chi connectivity index (χ0v) is 8.38. The number of aromatic nitrogens is 2. The van der Waals surface area contributed by atoms with Crippen molar-refractivity contribution in [2.24, 2.45) is 0 Å². The van der Waals surface area contributed by atoms with Crippen LogP contribution in [-0.4, -0.2) is 9.36 Å². The van der Waals surface area contributed by atoms with Crippen molar-refractivity contribution in [1.82, 2.24) is 9.36 Å². The maximum absolute atomic E-state index is 10.8. The van der Waals surface area contributed by atoms with E-state index in [9.17, 15) is 4.79 Å². The van der Waals surface area contributed by atoms with E-state index in [0.717, 1.165) is 30.2 Å². The lowest BCUT2D eigenvalue weighted by Gasteiger charge is -1.97. The van der Waals surface area contributed by atoms with E-state index in [0.29, 0.717) is 0 Å². The summed E-state index contributed by atoms with van der Waals surface area (Å²) in [5.74, 6) is 0.781. The van der Waals surface area contributed by atoms with Gasteiger partial charge in [0.2, 0.25) is 0 Å². The summed E-state index contributed by atoms with van der Waals surface area (Å²) in [6.45, 7) is 0. The first-order chi connectivity index (χ1) is 6.84. The Hall–Kier alpha value is -1.42. The van der Waals surface area contributed by atoms with Crippen molar-refractivity contribution in [3.63, 3.8) is 0 Å². The van der Waals surface area contributed by atoms with Crippen molar-refractivity contribution in [3.8, 4) is 0 Å². The highest BCUT2D eigenvalue weighted by atomic mass is 32.1. The molecule has 0 saturated carbocycles. The number of aromatic amines is 1. The monoisotopic (exact) mass is 206 g/mol. The molecule has 0 atom stereocenters. The SMILES string of the molecule is O=c1[nH]c(CCc2ccccc2)ns1. The summed E-state index contributed by atoms with van der Waals surface area (Å²) in [6, 6.07) is 10.2. The van der Waals surface area contributed by atoms with Gasteiger partial charge >= 0.3 is 4.87 Å². The second-order valence-electron chi connectivity index (χ2n) is 3.03. The van der Waals surface area contributed by atoms with Crippen molar-refractivity contribution in [1.29, 1.82) is 0 Å². The Kier molecular flexibility index (Phi) is 2.74. The van der Waals surface area contributed by atoms with Crippen LogP contribution in [0.1, 0.15) is 11.4 Å². The summed E-state index contributed by atoms with van der Waals surface area (Å²) >= 11 is 0.978. The number of rotatable bonds is 3. The number of nitrogens with zero attached hydrogens (tertiary/aromatic N) is 1. The van der Waals surface area contributed by atoms with Crippen molar-refractivity contribution >= 4 is 11.5 Å². The Morgan fingerprint density at radius 2 is 2.00 bits per heavy atom. The minimum Gasteiger partial charge on any atom is -0.300 e. The largest absolute Gasteiger partial charge is 0.323 e. The molecule has 0 unspecified atom stereocenters. The molecule has 1 N–H and O–H groups in total. The summed E-state index contributed by atoms with van der Waals surface area (Å²) < 4.78 is 4.00. The van der Waals surface area contributed by atoms with E-state index in [1.807, 2.05) is 18.2 Å². The molecule has 4 heteroatoms. The molecule has 2 rings (SSSR count). The van der Waals surface area contributed by atoms with Gasteiger partial charge in [-0.1, -0.05) is 30.3 Å². The lowest BCUT2D eigenvalue weighted by atomic mass is 10.1. The van der Waals surface area contributed by atoms with Crippen molar-refractivity contribution < 1.29 is 0 Å². The van der Waals surface area contributed by atoms with Crippen molar-refractivity contribution in [3.05, 3.63) is 51.4 Å². The molecule has 0 aliphatic heterocycles. The van der Waals surface area contributed by atoms with Crippen LogP contribution in [0.3, 0.4) is 0 Å². The fourth-order valence-corrected chi connectivity index (χ4v) is 1.77. The van der Waals surface area contributed by atoms with Gasteiger partial charge in [-0.25, -0.2) is 0 Å². The summed E-state index contributed by atoms with van der Waals surface area (Å²) in [4.78, 5) is 13.4. The molecule has 0 spiro atoms. The molecule has 3 nitrogen and oxygen atoms in total.